The highest BCUT2D eigenvalue weighted by atomic mass is 19.4. The normalized spacial score (nSPS) is 11.3. The molecule has 1 N–H and O–H groups in total. The van der Waals surface area contributed by atoms with Crippen molar-refractivity contribution in [2.24, 2.45) is 0 Å². The van der Waals surface area contributed by atoms with E-state index in [0.29, 0.717) is 4.90 Å². The lowest BCUT2D eigenvalue weighted by molar-refractivity contribution is -0.136. The third kappa shape index (κ3) is 4.25. The van der Waals surface area contributed by atoms with Crippen molar-refractivity contribution < 1.29 is 23.1 Å². The quantitative estimate of drug-likeness (QED) is 0.869. The SMILES string of the molecule is Cc1nccnc1N(CC(=O)O)CC(F)(F)F. The maximum atomic E-state index is 12.3. The predicted molar refractivity (Wildman–Crippen MR) is 52.7 cm³/mol. The van der Waals surface area contributed by atoms with Gasteiger partial charge in [-0.15, -0.1) is 0 Å². The lowest BCUT2D eigenvalue weighted by atomic mass is 10.3. The smallest absolute Gasteiger partial charge is 0.405 e. The van der Waals surface area contributed by atoms with Crippen LogP contribution in [0.5, 0.6) is 0 Å². The van der Waals surface area contributed by atoms with Crippen molar-refractivity contribution >= 4 is 11.8 Å². The number of halogens is 3. The molecule has 0 aromatic carbocycles. The zero-order valence-corrected chi connectivity index (χ0v) is 8.90. The van der Waals surface area contributed by atoms with E-state index < -0.39 is 25.2 Å². The Morgan fingerprint density at radius 3 is 2.47 bits per heavy atom. The van der Waals surface area contributed by atoms with Crippen molar-refractivity contribution in [3.8, 4) is 0 Å². The van der Waals surface area contributed by atoms with Gasteiger partial charge in [0.2, 0.25) is 0 Å². The highest BCUT2D eigenvalue weighted by molar-refractivity contribution is 5.73. The summed E-state index contributed by atoms with van der Waals surface area (Å²) in [4.78, 5) is 18.6. The van der Waals surface area contributed by atoms with E-state index in [1.54, 1.807) is 0 Å². The van der Waals surface area contributed by atoms with E-state index in [4.69, 9.17) is 5.11 Å². The van der Waals surface area contributed by atoms with Gasteiger partial charge in [0, 0.05) is 12.4 Å². The molecule has 8 heteroatoms. The molecule has 94 valence electrons. The van der Waals surface area contributed by atoms with Crippen molar-refractivity contribution in [2.75, 3.05) is 18.0 Å². The average Bonchev–Trinajstić information content (AvgIpc) is 2.14. The van der Waals surface area contributed by atoms with E-state index in [0.717, 1.165) is 0 Å². The fourth-order valence-corrected chi connectivity index (χ4v) is 1.30. The maximum absolute atomic E-state index is 12.3. The molecule has 1 aromatic rings. The number of rotatable bonds is 4. The van der Waals surface area contributed by atoms with Crippen LogP contribution in [0.2, 0.25) is 0 Å². The van der Waals surface area contributed by atoms with Gasteiger partial charge in [0.25, 0.3) is 0 Å². The minimum Gasteiger partial charge on any atom is -0.480 e. The highest BCUT2D eigenvalue weighted by Gasteiger charge is 2.32. The van der Waals surface area contributed by atoms with Gasteiger partial charge in [-0.1, -0.05) is 0 Å². The van der Waals surface area contributed by atoms with E-state index in [2.05, 4.69) is 9.97 Å². The van der Waals surface area contributed by atoms with Crippen LogP contribution in [0.4, 0.5) is 19.0 Å². The van der Waals surface area contributed by atoms with E-state index in [1.807, 2.05) is 0 Å². The summed E-state index contributed by atoms with van der Waals surface area (Å²) in [6.45, 7) is -0.689. The van der Waals surface area contributed by atoms with Gasteiger partial charge in [-0.3, -0.25) is 9.78 Å². The van der Waals surface area contributed by atoms with Crippen LogP contribution in [-0.4, -0.2) is 40.3 Å². The van der Waals surface area contributed by atoms with Crippen LogP contribution >= 0.6 is 0 Å². The number of carboxylic acids is 1. The van der Waals surface area contributed by atoms with Gasteiger partial charge in [-0.05, 0) is 6.92 Å². The Morgan fingerprint density at radius 1 is 1.41 bits per heavy atom. The molecular weight excluding hydrogens is 239 g/mol. The molecule has 5 nitrogen and oxygen atoms in total. The zero-order valence-electron chi connectivity index (χ0n) is 8.90. The number of aryl methyl sites for hydroxylation is 1. The molecule has 0 unspecified atom stereocenters. The Bertz CT molecular complexity index is 409. The van der Waals surface area contributed by atoms with E-state index >= 15 is 0 Å². The Balaban J connectivity index is 2.98. The Labute approximate surface area is 94.9 Å². The molecule has 1 rings (SSSR count). The molecule has 0 saturated heterocycles. The number of aromatic nitrogens is 2. The maximum Gasteiger partial charge on any atom is 0.405 e. The molecule has 0 aliphatic heterocycles. The summed E-state index contributed by atoms with van der Waals surface area (Å²) < 4.78 is 36.9. The summed E-state index contributed by atoms with van der Waals surface area (Å²) in [7, 11) is 0. The molecule has 0 atom stereocenters. The lowest BCUT2D eigenvalue weighted by Crippen LogP contribution is -2.39. The van der Waals surface area contributed by atoms with Crippen molar-refractivity contribution in [1.82, 2.24) is 9.97 Å². The second-order valence-corrected chi connectivity index (χ2v) is 3.33. The van der Waals surface area contributed by atoms with Crippen LogP contribution in [0.1, 0.15) is 5.69 Å². The van der Waals surface area contributed by atoms with Gasteiger partial charge in [-0.25, -0.2) is 4.98 Å². The van der Waals surface area contributed by atoms with Crippen LogP contribution in [-0.2, 0) is 4.79 Å². The number of alkyl halides is 3. The van der Waals surface area contributed by atoms with Gasteiger partial charge in [0.15, 0.2) is 5.82 Å². The van der Waals surface area contributed by atoms with E-state index in [-0.39, 0.29) is 11.5 Å². The fourth-order valence-electron chi connectivity index (χ4n) is 1.30. The second-order valence-electron chi connectivity index (χ2n) is 3.33. The number of anilines is 1. The summed E-state index contributed by atoms with van der Waals surface area (Å²) in [5, 5.41) is 8.58. The molecule has 0 radical (unpaired) electrons. The molecule has 0 bridgehead atoms. The van der Waals surface area contributed by atoms with Gasteiger partial charge < -0.3 is 10.0 Å². The first-order valence-corrected chi connectivity index (χ1v) is 4.60. The van der Waals surface area contributed by atoms with Crippen LogP contribution in [0.25, 0.3) is 0 Å². The molecule has 1 heterocycles. The fraction of sp³-hybridized carbons (Fsp3) is 0.444. The van der Waals surface area contributed by atoms with E-state index in [9.17, 15) is 18.0 Å². The van der Waals surface area contributed by atoms with Crippen molar-refractivity contribution in [2.45, 2.75) is 13.1 Å². The number of carbonyl (C=O) groups is 1. The Hall–Kier alpha value is -1.86. The number of aliphatic carboxylic acids is 1. The van der Waals surface area contributed by atoms with Gasteiger partial charge >= 0.3 is 12.1 Å². The van der Waals surface area contributed by atoms with Crippen molar-refractivity contribution in [3.05, 3.63) is 18.1 Å². The molecule has 0 spiro atoms. The van der Waals surface area contributed by atoms with Crippen LogP contribution in [0.15, 0.2) is 12.4 Å². The van der Waals surface area contributed by atoms with Crippen LogP contribution < -0.4 is 4.90 Å². The predicted octanol–water partition coefficient (Wildman–Crippen LogP) is 1.24. The van der Waals surface area contributed by atoms with Gasteiger partial charge in [0.1, 0.15) is 13.1 Å². The van der Waals surface area contributed by atoms with E-state index in [1.165, 1.54) is 19.3 Å². The summed E-state index contributed by atoms with van der Waals surface area (Å²) in [6.07, 6.45) is -1.96. The molecule has 0 fully saturated rings. The molecule has 0 aliphatic rings. The molecule has 1 aromatic heterocycles. The van der Waals surface area contributed by atoms with Crippen molar-refractivity contribution in [1.29, 1.82) is 0 Å². The number of hydrogen-bond donors (Lipinski definition) is 1. The van der Waals surface area contributed by atoms with Crippen molar-refractivity contribution in [3.63, 3.8) is 0 Å². The van der Waals surface area contributed by atoms with Gasteiger partial charge in [0.05, 0.1) is 5.69 Å². The topological polar surface area (TPSA) is 66.3 Å². The molecule has 0 saturated carbocycles. The lowest BCUT2D eigenvalue weighted by Gasteiger charge is -2.23. The molecule has 0 amide bonds. The Kier molecular flexibility index (Phi) is 3.87. The summed E-state index contributed by atoms with van der Waals surface area (Å²) >= 11 is 0. The minimum atomic E-state index is -4.50. The highest BCUT2D eigenvalue weighted by Crippen LogP contribution is 2.21. The standard InChI is InChI=1S/C9H10F3N3O2/c1-6-8(14-3-2-13-6)15(4-7(16)17)5-9(10,11)12/h2-3H,4-5H2,1H3,(H,16,17). The molecular formula is C9H10F3N3O2. The minimum absolute atomic E-state index is 0.0766. The molecule has 0 aliphatic carbocycles. The van der Waals surface area contributed by atoms with Crippen LogP contribution in [0.3, 0.4) is 0 Å². The third-order valence-electron chi connectivity index (χ3n) is 1.85. The van der Waals surface area contributed by atoms with Gasteiger partial charge in [-0.2, -0.15) is 13.2 Å². The summed E-state index contributed by atoms with van der Waals surface area (Å²) in [5.74, 6) is -1.44. The monoisotopic (exact) mass is 249 g/mol. The largest absolute Gasteiger partial charge is 0.480 e. The summed E-state index contributed by atoms with van der Waals surface area (Å²) in [5.41, 5.74) is 0.248. The first-order chi connectivity index (χ1) is 7.79. The second kappa shape index (κ2) is 4.98. The number of nitrogens with zero attached hydrogens (tertiary/aromatic N) is 3. The first kappa shape index (κ1) is 13.2. The molecule has 17 heavy (non-hydrogen) atoms. The first-order valence-electron chi connectivity index (χ1n) is 4.60. The average molecular weight is 249 g/mol. The third-order valence-corrected chi connectivity index (χ3v) is 1.85. The zero-order chi connectivity index (χ0) is 13.1. The number of carboxylic acid groups (broad SMARTS) is 1. The number of hydrogen-bond acceptors (Lipinski definition) is 4. The summed E-state index contributed by atoms with van der Waals surface area (Å²) in [6, 6.07) is 0. The van der Waals surface area contributed by atoms with Crippen LogP contribution in [0, 0.1) is 6.92 Å². The Morgan fingerprint density at radius 2 is 2.00 bits per heavy atom.